The van der Waals surface area contributed by atoms with Crippen LogP contribution in [-0.4, -0.2) is 11.3 Å². The third-order valence-electron chi connectivity index (χ3n) is 22.8. The zero-order valence-corrected chi connectivity index (χ0v) is 62.8. The van der Waals surface area contributed by atoms with Gasteiger partial charge in [-0.3, -0.25) is 0 Å². The van der Waals surface area contributed by atoms with E-state index >= 15 is 0 Å². The molecule has 0 radical (unpaired) electrons. The van der Waals surface area contributed by atoms with E-state index < -0.39 is 0 Å². The summed E-state index contributed by atoms with van der Waals surface area (Å²) in [7, 11) is 0. The number of nitrogens with zero attached hydrogens (tertiary/aromatic N) is 3. The van der Waals surface area contributed by atoms with E-state index in [2.05, 4.69) is 333 Å². The van der Waals surface area contributed by atoms with Crippen LogP contribution in [0.5, 0.6) is 0 Å². The summed E-state index contributed by atoms with van der Waals surface area (Å²) in [6.07, 6.45) is 23.6. The molecule has 1 aromatic heterocycles. The summed E-state index contributed by atoms with van der Waals surface area (Å²) in [5.74, 6) is 0. The predicted octanol–water partition coefficient (Wildman–Crippen LogP) is 27.4. The Labute approximate surface area is 631 Å². The molecule has 13 aromatic carbocycles. The summed E-state index contributed by atoms with van der Waals surface area (Å²) < 4.78 is 2.63. The first-order chi connectivity index (χ1) is 52.5. The molecule has 0 unspecified atom stereocenters. The van der Waals surface area contributed by atoms with Crippen LogP contribution in [0.1, 0.15) is 153 Å². The molecule has 3 nitrogen and oxygen atoms in total. The van der Waals surface area contributed by atoms with E-state index in [4.69, 9.17) is 0 Å². The molecule has 526 valence electrons. The first-order valence-electron chi connectivity index (χ1n) is 40.3. The zero-order chi connectivity index (χ0) is 71.7. The molecule has 14 aromatic rings. The molecule has 16 rings (SSSR count). The lowest BCUT2D eigenvalue weighted by molar-refractivity contribution is 0.667. The molecule has 0 aliphatic carbocycles. The molecule has 0 N–H and O–H groups in total. The molecule has 3 heterocycles. The highest BCUT2D eigenvalue weighted by Gasteiger charge is 2.46. The third kappa shape index (κ3) is 14.1. The van der Waals surface area contributed by atoms with E-state index in [0.717, 1.165) is 38.5 Å². The fourth-order valence-electron chi connectivity index (χ4n) is 17.4. The second kappa shape index (κ2) is 32.4. The fourth-order valence-corrected chi connectivity index (χ4v) is 17.4. The van der Waals surface area contributed by atoms with Crippen LogP contribution >= 0.6 is 0 Å². The monoisotopic (exact) mass is 1380 g/mol. The van der Waals surface area contributed by atoms with Crippen LogP contribution in [-0.2, 0) is 25.7 Å². The van der Waals surface area contributed by atoms with E-state index in [9.17, 15) is 0 Å². The molecular formula is C102H100BN3. The Morgan fingerprint density at radius 2 is 0.594 bits per heavy atom. The molecule has 0 spiro atoms. The molecule has 0 amide bonds. The van der Waals surface area contributed by atoms with Gasteiger partial charge in [0.25, 0.3) is 6.71 Å². The first kappa shape index (κ1) is 69.7. The second-order valence-electron chi connectivity index (χ2n) is 30.1. The fraction of sp³-hybridized carbons (Fsp3) is 0.235. The van der Waals surface area contributed by atoms with Gasteiger partial charge in [0.1, 0.15) is 0 Å². The summed E-state index contributed by atoms with van der Waals surface area (Å²) in [4.78, 5) is 5.56. The van der Waals surface area contributed by atoms with Crippen LogP contribution in [0.4, 0.5) is 34.1 Å². The Bertz CT molecular complexity index is 5160. The summed E-state index contributed by atoms with van der Waals surface area (Å²) in [5.41, 5.74) is 34.8. The average molecular weight is 1380 g/mol. The number of aromatic nitrogens is 1. The van der Waals surface area contributed by atoms with Crippen LogP contribution in [0.25, 0.3) is 94.3 Å². The molecule has 4 heteroatoms. The van der Waals surface area contributed by atoms with Gasteiger partial charge in [-0.1, -0.05) is 317 Å². The lowest BCUT2D eigenvalue weighted by Crippen LogP contribution is -2.61. The number of benzene rings is 13. The van der Waals surface area contributed by atoms with Gasteiger partial charge in [0.2, 0.25) is 0 Å². The van der Waals surface area contributed by atoms with Gasteiger partial charge in [-0.25, -0.2) is 0 Å². The molecular weight excluding hydrogens is 1280 g/mol. The minimum Gasteiger partial charge on any atom is -0.310 e. The van der Waals surface area contributed by atoms with E-state index in [0.29, 0.717) is 0 Å². The maximum absolute atomic E-state index is 2.80. The number of fused-ring (bicyclic) bond motifs is 7. The first-order valence-corrected chi connectivity index (χ1v) is 40.3. The molecule has 106 heavy (non-hydrogen) atoms. The highest BCUT2D eigenvalue weighted by atomic mass is 15.2. The van der Waals surface area contributed by atoms with Gasteiger partial charge in [-0.05, 0) is 213 Å². The Balaban J connectivity index is 1.04. The molecule has 2 aliphatic rings. The normalized spacial score (nSPS) is 12.3. The summed E-state index contributed by atoms with van der Waals surface area (Å²) in [6.45, 7) is 9.17. The van der Waals surface area contributed by atoms with E-state index in [1.54, 1.807) is 0 Å². The van der Waals surface area contributed by atoms with Gasteiger partial charge in [0.05, 0.1) is 22.4 Å². The molecule has 0 bridgehead atoms. The van der Waals surface area contributed by atoms with Crippen molar-refractivity contribution in [2.75, 3.05) is 9.80 Å². The maximum Gasteiger partial charge on any atom is 0.252 e. The molecule has 0 saturated carbocycles. The molecule has 0 atom stereocenters. The van der Waals surface area contributed by atoms with E-state index in [1.165, 1.54) is 257 Å². The van der Waals surface area contributed by atoms with Crippen molar-refractivity contribution in [3.63, 3.8) is 0 Å². The lowest BCUT2D eigenvalue weighted by atomic mass is 9.33. The van der Waals surface area contributed by atoms with Crippen molar-refractivity contribution >= 4 is 79.0 Å². The van der Waals surface area contributed by atoms with Gasteiger partial charge in [-0.2, -0.15) is 0 Å². The SMILES string of the molecule is CCCCCCc1ccc2c(c1)B1c3ccc(-n4c5ccc(CCCCCC)cc5c5cc(CCCCCC)ccc54)cc3N(c3c(-c4ccccc4)cc(-c4ccccc4)cc3-c3ccccc3)c3cc(CCCCCC)cc(c31)N2c1c(-c2ccccc2)cc(-c2ccccc2)cc1-c1ccccc1. The van der Waals surface area contributed by atoms with Gasteiger partial charge >= 0.3 is 0 Å². The summed E-state index contributed by atoms with van der Waals surface area (Å²) >= 11 is 0. The number of aryl methyl sites for hydroxylation is 4. The Kier molecular flexibility index (Phi) is 21.3. The van der Waals surface area contributed by atoms with Crippen molar-refractivity contribution in [3.05, 3.63) is 313 Å². The molecule has 0 fully saturated rings. The van der Waals surface area contributed by atoms with Crippen molar-refractivity contribution < 1.29 is 0 Å². The van der Waals surface area contributed by atoms with E-state index in [-0.39, 0.29) is 6.71 Å². The maximum atomic E-state index is 2.80. The van der Waals surface area contributed by atoms with Crippen molar-refractivity contribution in [3.8, 4) is 72.4 Å². The Morgan fingerprint density at radius 1 is 0.245 bits per heavy atom. The van der Waals surface area contributed by atoms with Gasteiger partial charge in [-0.15, -0.1) is 0 Å². The van der Waals surface area contributed by atoms with Crippen LogP contribution < -0.4 is 26.2 Å². The number of unbranched alkanes of at least 4 members (excludes halogenated alkanes) is 12. The van der Waals surface area contributed by atoms with Crippen molar-refractivity contribution in [1.29, 1.82) is 0 Å². The number of anilines is 6. The van der Waals surface area contributed by atoms with Crippen LogP contribution in [0.2, 0.25) is 0 Å². The zero-order valence-electron chi connectivity index (χ0n) is 62.8. The van der Waals surface area contributed by atoms with Crippen LogP contribution in [0, 0.1) is 0 Å². The van der Waals surface area contributed by atoms with Gasteiger partial charge in [0, 0.05) is 61.5 Å². The van der Waals surface area contributed by atoms with Gasteiger partial charge in [0.15, 0.2) is 0 Å². The lowest BCUT2D eigenvalue weighted by Gasteiger charge is -2.46. The minimum absolute atomic E-state index is 0.141. The minimum atomic E-state index is -0.141. The number of hydrogen-bond acceptors (Lipinski definition) is 2. The largest absolute Gasteiger partial charge is 0.310 e. The highest BCUT2D eigenvalue weighted by Crippen LogP contribution is 2.55. The van der Waals surface area contributed by atoms with Gasteiger partial charge < -0.3 is 14.4 Å². The average Bonchev–Trinajstić information content (AvgIpc) is 0.726. The Morgan fingerprint density at radius 3 is 0.981 bits per heavy atom. The van der Waals surface area contributed by atoms with Crippen LogP contribution in [0.3, 0.4) is 0 Å². The van der Waals surface area contributed by atoms with Crippen molar-refractivity contribution in [1.82, 2.24) is 4.57 Å². The Hall–Kier alpha value is -10.7. The number of hydrogen-bond donors (Lipinski definition) is 0. The number of rotatable bonds is 29. The van der Waals surface area contributed by atoms with E-state index in [1.807, 2.05) is 0 Å². The quantitative estimate of drug-likeness (QED) is 0.0342. The highest BCUT2D eigenvalue weighted by molar-refractivity contribution is 7.00. The summed E-state index contributed by atoms with van der Waals surface area (Å²) in [5, 5.41) is 2.69. The van der Waals surface area contributed by atoms with Crippen molar-refractivity contribution in [2.24, 2.45) is 0 Å². The third-order valence-corrected chi connectivity index (χ3v) is 22.8. The smallest absolute Gasteiger partial charge is 0.252 e. The molecule has 0 saturated heterocycles. The standard InChI is InChI=1S/C102H100BN3/c1-5-9-13-23-39-73-55-60-94-90(63-73)91-64-74(40-24-14-10-6-2)56-61-95(91)104(94)85-58-59-92-97(72-85)106(102-88(81-51-35-21-36-52-81)70-84(78-45-29-18-30-46-78)71-89(102)82-53-37-22-38-54-82)99-67-76(42-26-16-12-8-4)66-98-100(99)103(92)93-65-75(41-25-15-11-7-3)57-62-96(93)105(98)101-86(79-47-31-19-32-48-79)68-83(77-43-27-17-28-44-77)69-87(101)80-49-33-20-34-50-80/h17-22,27-38,43-72H,5-16,23-26,39-42H2,1-4H3. The summed E-state index contributed by atoms with van der Waals surface area (Å²) in [6, 6.07) is 113. The van der Waals surface area contributed by atoms with Crippen molar-refractivity contribution in [2.45, 2.75) is 156 Å². The topological polar surface area (TPSA) is 11.4 Å². The predicted molar refractivity (Wildman–Crippen MR) is 459 cm³/mol. The molecule has 2 aliphatic heterocycles. The van der Waals surface area contributed by atoms with Crippen LogP contribution in [0.15, 0.2) is 291 Å². The second-order valence-corrected chi connectivity index (χ2v) is 30.1.